The maximum atomic E-state index is 7.19. The first-order valence-corrected chi connectivity index (χ1v) is 11.0. The van der Waals surface area contributed by atoms with Crippen molar-refractivity contribution < 1.29 is 0 Å². The first-order chi connectivity index (χ1) is 14.1. The van der Waals surface area contributed by atoms with Crippen LogP contribution in [0.15, 0.2) is 28.3 Å². The lowest BCUT2D eigenvalue weighted by Crippen LogP contribution is -2.32. The third-order valence-corrected chi connectivity index (χ3v) is 5.12. The minimum Gasteiger partial charge on any atom is -0.388 e. The van der Waals surface area contributed by atoms with Crippen LogP contribution in [0.4, 0.5) is 0 Å². The molecule has 7 nitrogen and oxygen atoms in total. The standard InChI is InChI=1S/C22H37N7/c23-21(24)11-6-4-2-1-3-5-8-15-27-22(25)29-17-19-13-12-18(16-28-19)20-10-7-9-14-26-20/h12-13,16H,1-11,14-15,17H2,(H3,23,24)(H3,25,27,29). The topological polar surface area (TPSA) is 126 Å². The summed E-state index contributed by atoms with van der Waals surface area (Å²) in [6.07, 6.45) is 14.3. The molecule has 0 aromatic carbocycles. The van der Waals surface area contributed by atoms with Gasteiger partial charge in [0.25, 0.3) is 0 Å². The molecule has 0 saturated carbocycles. The molecule has 0 radical (unpaired) electrons. The van der Waals surface area contributed by atoms with Crippen LogP contribution in [0.3, 0.4) is 0 Å². The molecule has 1 aromatic rings. The first kappa shape index (κ1) is 22.8. The van der Waals surface area contributed by atoms with Crippen molar-refractivity contribution in [3.05, 3.63) is 29.6 Å². The van der Waals surface area contributed by atoms with Crippen molar-refractivity contribution in [3.63, 3.8) is 0 Å². The fourth-order valence-electron chi connectivity index (χ4n) is 3.38. The molecule has 160 valence electrons. The van der Waals surface area contributed by atoms with Gasteiger partial charge in [-0.05, 0) is 44.2 Å². The van der Waals surface area contributed by atoms with Gasteiger partial charge in [0.15, 0.2) is 5.96 Å². The Morgan fingerprint density at radius 1 is 1.03 bits per heavy atom. The normalized spacial score (nSPS) is 14.5. The Morgan fingerprint density at radius 3 is 2.45 bits per heavy atom. The monoisotopic (exact) mass is 399 g/mol. The fraction of sp³-hybridized carbons (Fsp3) is 0.636. The van der Waals surface area contributed by atoms with Gasteiger partial charge in [0.2, 0.25) is 0 Å². The van der Waals surface area contributed by atoms with Crippen LogP contribution in [0.2, 0.25) is 0 Å². The highest BCUT2D eigenvalue weighted by Crippen LogP contribution is 2.13. The lowest BCUT2D eigenvalue weighted by Gasteiger charge is -2.11. The number of hydrogen-bond acceptors (Lipinski definition) is 4. The number of guanidine groups is 1. The number of aromatic nitrogens is 1. The summed E-state index contributed by atoms with van der Waals surface area (Å²) in [6, 6.07) is 4.10. The van der Waals surface area contributed by atoms with E-state index in [1.165, 1.54) is 50.7 Å². The quantitative estimate of drug-likeness (QED) is 0.230. The fourth-order valence-corrected chi connectivity index (χ4v) is 3.38. The molecule has 0 fully saturated rings. The third-order valence-electron chi connectivity index (χ3n) is 5.12. The summed E-state index contributed by atoms with van der Waals surface area (Å²) < 4.78 is 0. The van der Waals surface area contributed by atoms with Crippen molar-refractivity contribution in [2.75, 3.05) is 13.1 Å². The zero-order valence-electron chi connectivity index (χ0n) is 17.6. The van der Waals surface area contributed by atoms with Gasteiger partial charge in [0.05, 0.1) is 18.1 Å². The molecule has 2 heterocycles. The van der Waals surface area contributed by atoms with Crippen LogP contribution in [0.1, 0.15) is 81.9 Å². The van der Waals surface area contributed by atoms with E-state index in [1.807, 2.05) is 12.3 Å². The van der Waals surface area contributed by atoms with Crippen LogP contribution in [0.5, 0.6) is 0 Å². The van der Waals surface area contributed by atoms with Gasteiger partial charge < -0.3 is 16.8 Å². The van der Waals surface area contributed by atoms with Crippen molar-refractivity contribution in [2.45, 2.75) is 77.2 Å². The van der Waals surface area contributed by atoms with E-state index < -0.39 is 0 Å². The summed E-state index contributed by atoms with van der Waals surface area (Å²) >= 11 is 0. The first-order valence-electron chi connectivity index (χ1n) is 11.0. The zero-order chi connectivity index (χ0) is 20.7. The molecule has 2 rings (SSSR count). The van der Waals surface area contributed by atoms with Gasteiger partial charge in [-0.1, -0.05) is 32.1 Å². The Hall–Kier alpha value is -2.44. The minimum absolute atomic E-state index is 0.303. The second-order valence-corrected chi connectivity index (χ2v) is 7.70. The van der Waals surface area contributed by atoms with E-state index in [-0.39, 0.29) is 0 Å². The summed E-state index contributed by atoms with van der Waals surface area (Å²) in [7, 11) is 0. The molecule has 1 aliphatic heterocycles. The average molecular weight is 400 g/mol. The molecule has 0 aliphatic carbocycles. The number of amidine groups is 1. The van der Waals surface area contributed by atoms with Gasteiger partial charge in [-0.25, -0.2) is 4.99 Å². The van der Waals surface area contributed by atoms with Gasteiger partial charge in [0.1, 0.15) is 0 Å². The van der Waals surface area contributed by atoms with E-state index in [1.54, 1.807) is 0 Å². The number of pyridine rings is 1. The van der Waals surface area contributed by atoms with Crippen molar-refractivity contribution in [1.82, 2.24) is 10.3 Å². The summed E-state index contributed by atoms with van der Waals surface area (Å²) in [5.41, 5.74) is 14.5. The smallest absolute Gasteiger partial charge is 0.188 e. The van der Waals surface area contributed by atoms with Gasteiger partial charge in [0, 0.05) is 37.0 Å². The van der Waals surface area contributed by atoms with Crippen molar-refractivity contribution in [3.8, 4) is 0 Å². The minimum atomic E-state index is 0.303. The number of nitrogens with zero attached hydrogens (tertiary/aromatic N) is 3. The Bertz CT molecular complexity index is 664. The van der Waals surface area contributed by atoms with Gasteiger partial charge in [-0.3, -0.25) is 15.4 Å². The number of unbranched alkanes of at least 4 members (excludes halogenated alkanes) is 6. The summed E-state index contributed by atoms with van der Waals surface area (Å²) in [4.78, 5) is 13.5. The van der Waals surface area contributed by atoms with Crippen LogP contribution >= 0.6 is 0 Å². The van der Waals surface area contributed by atoms with Crippen molar-refractivity contribution in [2.24, 2.45) is 21.5 Å². The molecule has 29 heavy (non-hydrogen) atoms. The molecule has 7 heteroatoms. The maximum absolute atomic E-state index is 7.19. The zero-order valence-corrected chi connectivity index (χ0v) is 17.6. The van der Waals surface area contributed by atoms with Gasteiger partial charge in [-0.15, -0.1) is 0 Å². The molecule has 0 saturated heterocycles. The third kappa shape index (κ3) is 10.1. The van der Waals surface area contributed by atoms with Crippen LogP contribution in [0, 0.1) is 5.41 Å². The van der Waals surface area contributed by atoms with E-state index in [9.17, 15) is 0 Å². The number of aliphatic imine (C=N–C) groups is 2. The highest BCUT2D eigenvalue weighted by Gasteiger charge is 2.08. The Kier molecular flexibility index (Phi) is 10.8. The lowest BCUT2D eigenvalue weighted by atomic mass is 10.0. The molecular weight excluding hydrogens is 362 g/mol. The molecule has 1 aromatic heterocycles. The van der Waals surface area contributed by atoms with Gasteiger partial charge >= 0.3 is 0 Å². The second-order valence-electron chi connectivity index (χ2n) is 7.70. The highest BCUT2D eigenvalue weighted by atomic mass is 15.1. The number of rotatable bonds is 13. The summed E-state index contributed by atoms with van der Waals surface area (Å²) in [5.74, 6) is 0.786. The summed E-state index contributed by atoms with van der Waals surface area (Å²) in [5, 5.41) is 10.4. The van der Waals surface area contributed by atoms with Crippen LogP contribution in [-0.4, -0.2) is 35.6 Å². The molecule has 0 amide bonds. The highest BCUT2D eigenvalue weighted by molar-refractivity contribution is 6.00. The number of hydrogen-bond donors (Lipinski definition) is 4. The van der Waals surface area contributed by atoms with Crippen molar-refractivity contribution >= 4 is 17.5 Å². The molecule has 6 N–H and O–H groups in total. The van der Waals surface area contributed by atoms with Crippen LogP contribution in [-0.2, 0) is 6.54 Å². The van der Waals surface area contributed by atoms with E-state index in [2.05, 4.69) is 26.4 Å². The average Bonchev–Trinajstić information content (AvgIpc) is 2.74. The Balaban J connectivity index is 1.53. The SMILES string of the molecule is N=C(N)CCCCCCCCCNC(N)=NCc1ccc(C2=NCCCC2)cn1. The molecule has 0 unspecified atom stereocenters. The van der Waals surface area contributed by atoms with E-state index in [0.717, 1.165) is 50.0 Å². The second kappa shape index (κ2) is 13.7. The van der Waals surface area contributed by atoms with E-state index in [4.69, 9.17) is 16.9 Å². The van der Waals surface area contributed by atoms with E-state index >= 15 is 0 Å². The molecule has 1 aliphatic rings. The largest absolute Gasteiger partial charge is 0.388 e. The maximum Gasteiger partial charge on any atom is 0.188 e. The predicted molar refractivity (Wildman–Crippen MR) is 122 cm³/mol. The Morgan fingerprint density at radius 2 is 1.79 bits per heavy atom. The van der Waals surface area contributed by atoms with Crippen molar-refractivity contribution in [1.29, 1.82) is 5.41 Å². The number of nitrogens with one attached hydrogen (secondary N) is 2. The number of nitrogens with two attached hydrogens (primary N) is 2. The van der Waals surface area contributed by atoms with E-state index in [0.29, 0.717) is 18.3 Å². The molecule has 0 atom stereocenters. The Labute approximate surface area is 175 Å². The molecule has 0 bridgehead atoms. The predicted octanol–water partition coefficient (Wildman–Crippen LogP) is 3.52. The molecular formula is C22H37N7. The molecule has 0 spiro atoms. The lowest BCUT2D eigenvalue weighted by molar-refractivity contribution is 0.579. The van der Waals surface area contributed by atoms with Crippen LogP contribution < -0.4 is 16.8 Å². The summed E-state index contributed by atoms with van der Waals surface area (Å²) in [6.45, 7) is 2.28. The van der Waals surface area contributed by atoms with Crippen LogP contribution in [0.25, 0.3) is 0 Å². The van der Waals surface area contributed by atoms with Gasteiger partial charge in [-0.2, -0.15) is 0 Å².